The van der Waals surface area contributed by atoms with Crippen LogP contribution in [0.1, 0.15) is 59.8 Å². The van der Waals surface area contributed by atoms with E-state index in [0.29, 0.717) is 24.2 Å². The number of carbonyl (C=O) groups excluding carboxylic acids is 1. The number of ketones is 1. The maximum atomic E-state index is 12.8. The Morgan fingerprint density at radius 2 is 2.13 bits per heavy atom. The van der Waals surface area contributed by atoms with Crippen LogP contribution in [0.15, 0.2) is 16.3 Å². The molecule has 0 radical (unpaired) electrons. The van der Waals surface area contributed by atoms with Gasteiger partial charge in [-0.15, -0.1) is 0 Å². The fourth-order valence-corrected chi connectivity index (χ4v) is 4.12. The Morgan fingerprint density at radius 1 is 1.39 bits per heavy atom. The van der Waals surface area contributed by atoms with Crippen LogP contribution in [0.25, 0.3) is 0 Å². The number of aliphatic imine (C=N–C) groups is 1. The van der Waals surface area contributed by atoms with Gasteiger partial charge in [-0.3, -0.25) is 20.1 Å². The lowest BCUT2D eigenvalue weighted by Gasteiger charge is -2.28. The molecule has 2 atom stereocenters. The molecule has 1 N–H and O–H groups in total. The van der Waals surface area contributed by atoms with Crippen molar-refractivity contribution in [2.24, 2.45) is 10.9 Å². The lowest BCUT2D eigenvalue weighted by atomic mass is 9.80. The highest BCUT2D eigenvalue weighted by molar-refractivity contribution is 7.99. The molecule has 5 heteroatoms. The van der Waals surface area contributed by atoms with Crippen molar-refractivity contribution in [3.05, 3.63) is 11.3 Å². The van der Waals surface area contributed by atoms with Crippen molar-refractivity contribution >= 4 is 23.3 Å². The number of carbonyl (C=O) groups is 1. The molecule has 132 valence electrons. The lowest BCUT2D eigenvalue weighted by Crippen LogP contribution is -2.31. The lowest BCUT2D eigenvalue weighted by molar-refractivity contribution is -0.116. The number of rotatable bonds is 9. The van der Waals surface area contributed by atoms with E-state index in [1.165, 1.54) is 0 Å². The van der Waals surface area contributed by atoms with Crippen LogP contribution < -0.4 is 5.48 Å². The second-order valence-electron chi connectivity index (χ2n) is 6.01. The zero-order valence-electron chi connectivity index (χ0n) is 15.3. The van der Waals surface area contributed by atoms with Crippen LogP contribution in [0.5, 0.6) is 0 Å². The zero-order valence-corrected chi connectivity index (χ0v) is 16.1. The average Bonchev–Trinajstić information content (AvgIpc) is 2.51. The van der Waals surface area contributed by atoms with E-state index >= 15 is 0 Å². The van der Waals surface area contributed by atoms with Gasteiger partial charge in [-0.1, -0.05) is 27.2 Å². The van der Waals surface area contributed by atoms with Gasteiger partial charge in [0.05, 0.1) is 17.9 Å². The summed E-state index contributed by atoms with van der Waals surface area (Å²) in [6.45, 7) is 9.05. The molecule has 0 unspecified atom stereocenters. The largest absolute Gasteiger partial charge is 0.294 e. The molecule has 0 amide bonds. The van der Waals surface area contributed by atoms with Crippen molar-refractivity contribution in [3.8, 4) is 0 Å². The Labute approximate surface area is 145 Å². The van der Waals surface area contributed by atoms with Crippen LogP contribution in [0.3, 0.4) is 0 Å². The number of hydrogen-bond donors (Lipinski definition) is 1. The summed E-state index contributed by atoms with van der Waals surface area (Å²) >= 11 is 1.97. The molecule has 0 spiro atoms. The van der Waals surface area contributed by atoms with Gasteiger partial charge in [0.2, 0.25) is 0 Å². The molecule has 0 heterocycles. The van der Waals surface area contributed by atoms with Crippen molar-refractivity contribution in [1.29, 1.82) is 0 Å². The summed E-state index contributed by atoms with van der Waals surface area (Å²) in [5, 5.41) is 0.595. The Morgan fingerprint density at radius 3 is 2.70 bits per heavy atom. The molecule has 1 fully saturated rings. The molecule has 0 saturated heterocycles. The predicted octanol–water partition coefficient (Wildman–Crippen LogP) is 4.16. The summed E-state index contributed by atoms with van der Waals surface area (Å²) in [4.78, 5) is 22.5. The molecule has 0 aromatic carbocycles. The van der Waals surface area contributed by atoms with E-state index in [2.05, 4.69) is 31.2 Å². The fourth-order valence-electron chi connectivity index (χ4n) is 3.14. The third kappa shape index (κ3) is 6.30. The molecule has 1 rings (SSSR count). The third-order valence-electron chi connectivity index (χ3n) is 4.05. The fraction of sp³-hybridized carbons (Fsp3) is 0.778. The number of hydroxylamine groups is 1. The van der Waals surface area contributed by atoms with Crippen molar-refractivity contribution in [2.45, 2.75) is 65.0 Å². The zero-order chi connectivity index (χ0) is 17.2. The topological polar surface area (TPSA) is 50.7 Å². The van der Waals surface area contributed by atoms with Crippen molar-refractivity contribution < 1.29 is 9.63 Å². The Bertz CT molecular complexity index is 446. The molecule has 0 aliphatic heterocycles. The smallest absolute Gasteiger partial charge is 0.166 e. The minimum atomic E-state index is 0.214. The van der Waals surface area contributed by atoms with Crippen LogP contribution in [0.4, 0.5) is 0 Å². The quantitative estimate of drug-likeness (QED) is 0.506. The highest BCUT2D eigenvalue weighted by Gasteiger charge is 2.31. The summed E-state index contributed by atoms with van der Waals surface area (Å²) in [5.74, 6) is 1.75. The van der Waals surface area contributed by atoms with E-state index in [0.717, 1.165) is 48.4 Å². The Balaban J connectivity index is 2.93. The standard InChI is InChI=1S/C18H32N2O2S/c1-6-9-15(20-22-7-2)18-16(19-5)11-14(12-17(18)21)10-13(4)23-8-3/h13-14,20H,6-12H2,1-5H3/t13-,14-/m1/s1. The first kappa shape index (κ1) is 20.2. The van der Waals surface area contributed by atoms with E-state index in [4.69, 9.17) is 4.84 Å². The molecule has 1 aliphatic carbocycles. The van der Waals surface area contributed by atoms with Crippen molar-refractivity contribution in [3.63, 3.8) is 0 Å². The first-order valence-corrected chi connectivity index (χ1v) is 9.83. The van der Waals surface area contributed by atoms with Crippen molar-refractivity contribution in [1.82, 2.24) is 5.48 Å². The normalized spacial score (nSPS) is 24.0. The van der Waals surface area contributed by atoms with Crippen LogP contribution >= 0.6 is 11.8 Å². The first-order chi connectivity index (χ1) is 11.1. The molecule has 1 saturated carbocycles. The number of hydrogen-bond acceptors (Lipinski definition) is 5. The predicted molar refractivity (Wildman–Crippen MR) is 100.0 cm³/mol. The minimum Gasteiger partial charge on any atom is -0.294 e. The van der Waals surface area contributed by atoms with Gasteiger partial charge in [-0.2, -0.15) is 11.8 Å². The van der Waals surface area contributed by atoms with E-state index in [1.807, 2.05) is 18.7 Å². The maximum Gasteiger partial charge on any atom is 0.166 e. The first-order valence-electron chi connectivity index (χ1n) is 8.78. The van der Waals surface area contributed by atoms with Crippen LogP contribution in [-0.4, -0.2) is 36.2 Å². The average molecular weight is 341 g/mol. The molecule has 0 bridgehead atoms. The van der Waals surface area contributed by atoms with E-state index in [9.17, 15) is 4.79 Å². The Hall–Kier alpha value is -0.810. The van der Waals surface area contributed by atoms with Crippen LogP contribution in [0.2, 0.25) is 0 Å². The second-order valence-corrected chi connectivity index (χ2v) is 7.72. The van der Waals surface area contributed by atoms with Gasteiger partial charge in [0.25, 0.3) is 0 Å². The summed E-state index contributed by atoms with van der Waals surface area (Å²) in [7, 11) is 1.79. The highest BCUT2D eigenvalue weighted by atomic mass is 32.2. The number of nitrogens with one attached hydrogen (secondary N) is 1. The molecule has 0 aromatic rings. The molecular formula is C18H32N2O2S. The summed E-state index contributed by atoms with van der Waals surface area (Å²) < 4.78 is 0. The summed E-state index contributed by atoms with van der Waals surface area (Å²) in [6.07, 6.45) is 4.39. The van der Waals surface area contributed by atoms with E-state index < -0.39 is 0 Å². The van der Waals surface area contributed by atoms with Gasteiger partial charge in [0.1, 0.15) is 0 Å². The molecule has 23 heavy (non-hydrogen) atoms. The second kappa shape index (κ2) is 10.9. The third-order valence-corrected chi connectivity index (χ3v) is 5.15. The number of nitrogens with zero attached hydrogens (tertiary/aromatic N) is 1. The van der Waals surface area contributed by atoms with Crippen LogP contribution in [0, 0.1) is 5.92 Å². The molecule has 0 aromatic heterocycles. The van der Waals surface area contributed by atoms with Gasteiger partial charge in [0, 0.05) is 24.4 Å². The SMILES string of the molecule is CCCC(NOCC)=C1C(=O)C[C@H](C[C@@H](C)SCC)CC1=NC. The van der Waals surface area contributed by atoms with Gasteiger partial charge in [0.15, 0.2) is 5.78 Å². The monoisotopic (exact) mass is 340 g/mol. The minimum absolute atomic E-state index is 0.214. The van der Waals surface area contributed by atoms with Gasteiger partial charge in [-0.25, -0.2) is 0 Å². The molecule has 1 aliphatic rings. The number of thioether (sulfide) groups is 1. The van der Waals surface area contributed by atoms with E-state index in [1.54, 1.807) is 7.05 Å². The number of allylic oxidation sites excluding steroid dienone is 2. The van der Waals surface area contributed by atoms with Crippen molar-refractivity contribution in [2.75, 3.05) is 19.4 Å². The van der Waals surface area contributed by atoms with E-state index in [-0.39, 0.29) is 5.78 Å². The molecular weight excluding hydrogens is 308 g/mol. The van der Waals surface area contributed by atoms with Gasteiger partial charge in [-0.05, 0) is 37.9 Å². The summed E-state index contributed by atoms with van der Waals surface area (Å²) in [5.41, 5.74) is 5.60. The summed E-state index contributed by atoms with van der Waals surface area (Å²) in [6, 6.07) is 0. The Kier molecular flexibility index (Phi) is 9.56. The van der Waals surface area contributed by atoms with Crippen LogP contribution in [-0.2, 0) is 9.63 Å². The maximum absolute atomic E-state index is 12.8. The number of Topliss-reactive ketones (excluding diaryl/α,β-unsaturated/α-hetero) is 1. The highest BCUT2D eigenvalue weighted by Crippen LogP contribution is 2.32. The van der Waals surface area contributed by atoms with Gasteiger partial charge >= 0.3 is 0 Å². The van der Waals surface area contributed by atoms with Gasteiger partial charge < -0.3 is 0 Å². The molecule has 4 nitrogen and oxygen atoms in total.